The first-order valence-corrected chi connectivity index (χ1v) is 42.1. The molecule has 6 nitrogen and oxygen atoms in total. The highest BCUT2D eigenvalue weighted by Crippen LogP contribution is 2.21. The summed E-state index contributed by atoms with van der Waals surface area (Å²) in [6, 6.07) is -0.540. The number of aliphatic hydroxyl groups excluding tert-OH is 2. The van der Waals surface area contributed by atoms with Crippen molar-refractivity contribution >= 4 is 11.9 Å². The Hall–Kier alpha value is -1.66. The molecule has 0 saturated heterocycles. The molecule has 1 amide bonds. The summed E-state index contributed by atoms with van der Waals surface area (Å²) >= 11 is 0. The van der Waals surface area contributed by atoms with E-state index in [9.17, 15) is 19.8 Å². The van der Waals surface area contributed by atoms with Gasteiger partial charge < -0.3 is 20.3 Å². The van der Waals surface area contributed by atoms with Crippen LogP contribution in [-0.2, 0) is 14.3 Å². The Morgan fingerprint density at radius 1 is 0.308 bits per heavy atom. The van der Waals surface area contributed by atoms with Crippen LogP contribution in [0.15, 0.2) is 24.3 Å². The smallest absolute Gasteiger partial charge is 0.305 e. The third-order valence-corrected chi connectivity index (χ3v) is 20.0. The lowest BCUT2D eigenvalue weighted by Crippen LogP contribution is -2.45. The Balaban J connectivity index is 3.35. The minimum atomic E-state index is -0.663. The van der Waals surface area contributed by atoms with E-state index in [-0.39, 0.29) is 18.5 Å². The van der Waals surface area contributed by atoms with Crippen LogP contribution >= 0.6 is 0 Å². The summed E-state index contributed by atoms with van der Waals surface area (Å²) in [5, 5.41) is 23.5. The fraction of sp³-hybridized carbons (Fsp3) is 0.929. The molecule has 6 heteroatoms. The van der Waals surface area contributed by atoms with Crippen molar-refractivity contribution in [3.8, 4) is 0 Å². The molecule has 0 aliphatic rings. The third-order valence-electron chi connectivity index (χ3n) is 20.0. The summed E-state index contributed by atoms with van der Waals surface area (Å²) in [5.41, 5.74) is 0. The number of amides is 1. The summed E-state index contributed by atoms with van der Waals surface area (Å²) in [4.78, 5) is 24.7. The van der Waals surface area contributed by atoms with Crippen molar-refractivity contribution in [1.82, 2.24) is 5.32 Å². The minimum absolute atomic E-state index is 0.0239. The molecule has 3 N–H and O–H groups in total. The van der Waals surface area contributed by atoms with Gasteiger partial charge in [-0.15, -0.1) is 0 Å². The van der Waals surface area contributed by atoms with Gasteiger partial charge in [0.25, 0.3) is 0 Å². The summed E-state index contributed by atoms with van der Waals surface area (Å²) in [7, 11) is 0. The Labute approximate surface area is 571 Å². The van der Waals surface area contributed by atoms with E-state index in [1.165, 1.54) is 405 Å². The maximum Gasteiger partial charge on any atom is 0.305 e. The van der Waals surface area contributed by atoms with Gasteiger partial charge in [0.2, 0.25) is 5.91 Å². The largest absolute Gasteiger partial charge is 0.466 e. The Morgan fingerprint density at radius 3 is 0.835 bits per heavy atom. The van der Waals surface area contributed by atoms with Crippen LogP contribution in [0.1, 0.15) is 483 Å². The van der Waals surface area contributed by atoms with Crippen LogP contribution in [0.3, 0.4) is 0 Å². The molecule has 0 radical (unpaired) electrons. The number of esters is 1. The van der Waals surface area contributed by atoms with E-state index in [0.29, 0.717) is 25.9 Å². The predicted octanol–water partition coefficient (Wildman–Crippen LogP) is 28.0. The molecular formula is C85H165NO5. The molecule has 91 heavy (non-hydrogen) atoms. The number of carbonyl (C=O) groups is 2. The van der Waals surface area contributed by atoms with Gasteiger partial charge in [-0.3, -0.25) is 9.59 Å². The summed E-state index contributed by atoms with van der Waals surface area (Å²) < 4.78 is 5.52. The second-order valence-electron chi connectivity index (χ2n) is 29.2. The molecule has 0 aliphatic heterocycles. The van der Waals surface area contributed by atoms with Crippen LogP contribution in [0.2, 0.25) is 0 Å². The van der Waals surface area contributed by atoms with E-state index in [1.807, 2.05) is 0 Å². The second-order valence-corrected chi connectivity index (χ2v) is 29.2. The summed E-state index contributed by atoms with van der Waals surface area (Å²) in [5.74, 6) is -0.00299. The predicted molar refractivity (Wildman–Crippen MR) is 403 cm³/mol. The van der Waals surface area contributed by atoms with Crippen LogP contribution < -0.4 is 5.32 Å². The summed E-state index contributed by atoms with van der Waals surface area (Å²) in [6.07, 6.45) is 104. The zero-order valence-corrected chi connectivity index (χ0v) is 62.1. The van der Waals surface area contributed by atoms with Crippen LogP contribution in [-0.4, -0.2) is 47.4 Å². The van der Waals surface area contributed by atoms with Gasteiger partial charge in [0.1, 0.15) is 0 Å². The standard InChI is InChI=1S/C85H165NO5/c1-3-5-7-9-11-13-15-17-19-21-22-42-46-49-53-57-61-65-69-73-77-83(88)82(81-87)86-84(89)78-74-70-66-62-58-54-50-47-43-40-38-36-34-32-30-28-26-24-23-25-27-29-31-33-35-37-39-41-44-48-52-56-60-64-68-72-76-80-91-85(90)79-75-71-67-63-59-55-51-45-20-18-16-14-12-10-8-6-4-2/h23,25,29,31,82-83,87-88H,3-22,24,26-28,30,32-81H2,1-2H3,(H,86,89)/b25-23-,31-29-. The number of allylic oxidation sites excluding steroid dienone is 4. The first kappa shape index (κ1) is 89.3. The molecule has 0 fully saturated rings. The zero-order chi connectivity index (χ0) is 65.6. The maximum atomic E-state index is 12.6. The van der Waals surface area contributed by atoms with Crippen LogP contribution in [0, 0.1) is 0 Å². The molecule has 0 spiro atoms. The number of hydrogen-bond donors (Lipinski definition) is 3. The highest BCUT2D eigenvalue weighted by atomic mass is 16.5. The molecule has 2 atom stereocenters. The second kappa shape index (κ2) is 80.8. The molecule has 0 bridgehead atoms. The van der Waals surface area contributed by atoms with Crippen molar-refractivity contribution in [3.05, 3.63) is 24.3 Å². The third kappa shape index (κ3) is 77.2. The van der Waals surface area contributed by atoms with Gasteiger partial charge in [0.05, 0.1) is 25.4 Å². The van der Waals surface area contributed by atoms with Gasteiger partial charge in [-0.05, 0) is 57.8 Å². The van der Waals surface area contributed by atoms with Gasteiger partial charge in [-0.1, -0.05) is 436 Å². The molecule has 540 valence electrons. The van der Waals surface area contributed by atoms with E-state index in [4.69, 9.17) is 4.74 Å². The maximum absolute atomic E-state index is 12.6. The average Bonchev–Trinajstić information content (AvgIpc) is 3.64. The average molecular weight is 1280 g/mol. The Morgan fingerprint density at radius 2 is 0.549 bits per heavy atom. The Bertz CT molecular complexity index is 1430. The normalized spacial score (nSPS) is 12.5. The van der Waals surface area contributed by atoms with Gasteiger partial charge >= 0.3 is 5.97 Å². The SMILES string of the molecule is CCCCCCCCCCCCCCCCCCCCCCC(O)C(CO)NC(=O)CCCCCCCCCCCCCCCCCCC/C=C\C/C=C\CCCCCCCCCCCCCCCOC(=O)CCCCCCCCCCCCCCCCCCC. The molecule has 2 unspecified atom stereocenters. The fourth-order valence-corrected chi connectivity index (χ4v) is 13.6. The number of hydrogen-bond acceptors (Lipinski definition) is 5. The topological polar surface area (TPSA) is 95.9 Å². The summed E-state index contributed by atoms with van der Waals surface area (Å²) in [6.45, 7) is 5.02. The number of aliphatic hydroxyl groups is 2. The van der Waals surface area contributed by atoms with E-state index in [1.54, 1.807) is 0 Å². The molecule has 0 heterocycles. The molecular weight excluding hydrogens is 1110 g/mol. The van der Waals surface area contributed by atoms with Gasteiger partial charge in [-0.25, -0.2) is 0 Å². The number of unbranched alkanes of at least 4 members (excludes halogenated alkanes) is 65. The van der Waals surface area contributed by atoms with Crippen molar-refractivity contribution in [3.63, 3.8) is 0 Å². The van der Waals surface area contributed by atoms with Crippen LogP contribution in [0.25, 0.3) is 0 Å². The van der Waals surface area contributed by atoms with Crippen molar-refractivity contribution in [2.75, 3.05) is 13.2 Å². The fourth-order valence-electron chi connectivity index (χ4n) is 13.6. The van der Waals surface area contributed by atoms with E-state index in [0.717, 1.165) is 44.9 Å². The van der Waals surface area contributed by atoms with E-state index < -0.39 is 12.1 Å². The monoisotopic (exact) mass is 1280 g/mol. The molecule has 0 aromatic rings. The minimum Gasteiger partial charge on any atom is -0.466 e. The molecule has 0 rings (SSSR count). The first-order chi connectivity index (χ1) is 45.0. The highest BCUT2D eigenvalue weighted by molar-refractivity contribution is 5.76. The number of rotatable bonds is 80. The molecule has 0 aromatic heterocycles. The van der Waals surface area contributed by atoms with Crippen molar-refractivity contribution in [1.29, 1.82) is 0 Å². The number of nitrogens with one attached hydrogen (secondary N) is 1. The lowest BCUT2D eigenvalue weighted by molar-refractivity contribution is -0.143. The van der Waals surface area contributed by atoms with E-state index in [2.05, 4.69) is 43.5 Å². The Kier molecular flexibility index (Phi) is 79.3. The van der Waals surface area contributed by atoms with Crippen molar-refractivity contribution in [2.24, 2.45) is 0 Å². The molecule has 0 aliphatic carbocycles. The van der Waals surface area contributed by atoms with Gasteiger partial charge in [-0.2, -0.15) is 0 Å². The molecule has 0 saturated carbocycles. The van der Waals surface area contributed by atoms with Crippen molar-refractivity contribution in [2.45, 2.75) is 495 Å². The number of carbonyl (C=O) groups excluding carboxylic acids is 2. The molecule has 0 aromatic carbocycles. The number of ether oxygens (including phenoxy) is 1. The van der Waals surface area contributed by atoms with Gasteiger partial charge in [0.15, 0.2) is 0 Å². The lowest BCUT2D eigenvalue weighted by Gasteiger charge is -2.22. The van der Waals surface area contributed by atoms with Crippen LogP contribution in [0.4, 0.5) is 0 Å². The quantitative estimate of drug-likeness (QED) is 0.0320. The zero-order valence-electron chi connectivity index (χ0n) is 62.1. The van der Waals surface area contributed by atoms with E-state index >= 15 is 0 Å². The lowest BCUT2D eigenvalue weighted by atomic mass is 10.0. The van der Waals surface area contributed by atoms with Crippen LogP contribution in [0.5, 0.6) is 0 Å². The van der Waals surface area contributed by atoms with Crippen molar-refractivity contribution < 1.29 is 24.5 Å². The van der Waals surface area contributed by atoms with Gasteiger partial charge in [0, 0.05) is 12.8 Å². The first-order valence-electron chi connectivity index (χ1n) is 42.1. The highest BCUT2D eigenvalue weighted by Gasteiger charge is 2.20.